The Morgan fingerprint density at radius 2 is 1.79 bits per heavy atom. The average Bonchev–Trinajstić information content (AvgIpc) is 2.12. The van der Waals surface area contributed by atoms with E-state index in [0.29, 0.717) is 5.92 Å². The van der Waals surface area contributed by atoms with Crippen molar-refractivity contribution in [2.24, 2.45) is 17.8 Å². The maximum atomic E-state index is 10.7. The summed E-state index contributed by atoms with van der Waals surface area (Å²) in [5.74, 6) is 2.13. The summed E-state index contributed by atoms with van der Waals surface area (Å²) in [5, 5.41) is 10.7. The standard InChI is InChI=1S/C12H19ClO/c1-2-12(14)10-4-8-3-9(5-10)7-11(12,13)6-8/h8-10,14H,2-7H2,1H3. The lowest BCUT2D eigenvalue weighted by Gasteiger charge is -2.63. The molecule has 0 spiro atoms. The molecule has 4 saturated carbocycles. The van der Waals surface area contributed by atoms with Gasteiger partial charge in [0.05, 0.1) is 10.5 Å². The van der Waals surface area contributed by atoms with E-state index in [1.807, 2.05) is 0 Å². The lowest BCUT2D eigenvalue weighted by Crippen LogP contribution is -2.65. The van der Waals surface area contributed by atoms with Crippen molar-refractivity contribution in [3.63, 3.8) is 0 Å². The minimum atomic E-state index is -0.554. The van der Waals surface area contributed by atoms with Crippen LogP contribution in [0.4, 0.5) is 0 Å². The Balaban J connectivity index is 2.01. The van der Waals surface area contributed by atoms with Gasteiger partial charge in [-0.05, 0) is 56.3 Å². The summed E-state index contributed by atoms with van der Waals surface area (Å²) in [6.07, 6.45) is 6.80. The Bertz CT molecular complexity index is 251. The number of rotatable bonds is 1. The highest BCUT2D eigenvalue weighted by Gasteiger charge is 2.63. The van der Waals surface area contributed by atoms with Gasteiger partial charge in [-0.1, -0.05) is 6.92 Å². The fraction of sp³-hybridized carbons (Fsp3) is 1.00. The summed E-state index contributed by atoms with van der Waals surface area (Å²) in [4.78, 5) is -0.267. The second kappa shape index (κ2) is 2.68. The minimum Gasteiger partial charge on any atom is -0.388 e. The highest BCUT2D eigenvalue weighted by atomic mass is 35.5. The molecule has 0 aromatic carbocycles. The lowest BCUT2D eigenvalue weighted by molar-refractivity contribution is -0.159. The van der Waals surface area contributed by atoms with E-state index < -0.39 is 5.60 Å². The van der Waals surface area contributed by atoms with E-state index in [0.717, 1.165) is 31.1 Å². The van der Waals surface area contributed by atoms with Crippen LogP contribution in [0.3, 0.4) is 0 Å². The number of hydrogen-bond acceptors (Lipinski definition) is 1. The maximum absolute atomic E-state index is 10.7. The van der Waals surface area contributed by atoms with Crippen LogP contribution in [0.25, 0.3) is 0 Å². The van der Waals surface area contributed by atoms with Gasteiger partial charge in [-0.2, -0.15) is 0 Å². The van der Waals surface area contributed by atoms with Gasteiger partial charge in [0.2, 0.25) is 0 Å². The topological polar surface area (TPSA) is 20.2 Å². The van der Waals surface area contributed by atoms with E-state index in [1.54, 1.807) is 0 Å². The molecule has 80 valence electrons. The Morgan fingerprint density at radius 3 is 2.21 bits per heavy atom. The Kier molecular flexibility index (Phi) is 1.81. The molecule has 14 heavy (non-hydrogen) atoms. The number of hydrogen-bond donors (Lipinski definition) is 1. The molecule has 0 aromatic heterocycles. The Hall–Kier alpha value is 0.250. The van der Waals surface area contributed by atoms with Gasteiger partial charge < -0.3 is 5.11 Å². The van der Waals surface area contributed by atoms with Crippen molar-refractivity contribution in [2.45, 2.75) is 55.9 Å². The second-order valence-corrected chi connectivity index (χ2v) is 6.51. The molecule has 1 N–H and O–H groups in total. The van der Waals surface area contributed by atoms with Gasteiger partial charge in [0.1, 0.15) is 0 Å². The van der Waals surface area contributed by atoms with Gasteiger partial charge in [-0.25, -0.2) is 0 Å². The molecule has 0 aromatic rings. The highest BCUT2D eigenvalue weighted by Crippen LogP contribution is 2.63. The predicted octanol–water partition coefficient (Wildman–Crippen LogP) is 2.95. The third-order valence-corrected chi connectivity index (χ3v) is 5.75. The quantitative estimate of drug-likeness (QED) is 0.666. The number of aliphatic hydroxyl groups is 1. The van der Waals surface area contributed by atoms with Crippen molar-refractivity contribution >= 4 is 11.6 Å². The van der Waals surface area contributed by atoms with Gasteiger partial charge >= 0.3 is 0 Å². The fourth-order valence-corrected chi connectivity index (χ4v) is 5.34. The molecular formula is C12H19ClO. The van der Waals surface area contributed by atoms with Crippen molar-refractivity contribution in [1.82, 2.24) is 0 Å². The SMILES string of the molecule is CCC1(O)C2CC3CC(C2)CC1(Cl)C3. The third kappa shape index (κ3) is 0.957. The predicted molar refractivity (Wildman–Crippen MR) is 57.4 cm³/mol. The summed E-state index contributed by atoms with van der Waals surface area (Å²) >= 11 is 6.69. The monoisotopic (exact) mass is 214 g/mol. The first kappa shape index (κ1) is 9.47. The van der Waals surface area contributed by atoms with Crippen LogP contribution in [-0.2, 0) is 0 Å². The van der Waals surface area contributed by atoms with Crippen LogP contribution in [-0.4, -0.2) is 15.6 Å². The van der Waals surface area contributed by atoms with Crippen LogP contribution >= 0.6 is 11.6 Å². The summed E-state index contributed by atoms with van der Waals surface area (Å²) in [7, 11) is 0. The molecule has 4 bridgehead atoms. The molecule has 4 aliphatic carbocycles. The van der Waals surface area contributed by atoms with E-state index in [9.17, 15) is 5.11 Å². The first-order valence-corrected chi connectivity index (χ1v) is 6.36. The zero-order chi connectivity index (χ0) is 9.97. The maximum Gasteiger partial charge on any atom is 0.0864 e. The lowest BCUT2D eigenvalue weighted by atomic mass is 9.49. The van der Waals surface area contributed by atoms with Crippen LogP contribution in [0.1, 0.15) is 45.4 Å². The van der Waals surface area contributed by atoms with Gasteiger partial charge in [0.15, 0.2) is 0 Å². The minimum absolute atomic E-state index is 0.267. The van der Waals surface area contributed by atoms with Crippen molar-refractivity contribution in [3.05, 3.63) is 0 Å². The smallest absolute Gasteiger partial charge is 0.0864 e. The fourth-order valence-electron chi connectivity index (χ4n) is 4.61. The van der Waals surface area contributed by atoms with Crippen molar-refractivity contribution in [3.8, 4) is 0 Å². The zero-order valence-electron chi connectivity index (χ0n) is 8.80. The first-order valence-electron chi connectivity index (χ1n) is 5.99. The molecule has 2 heteroatoms. The molecule has 0 saturated heterocycles. The number of alkyl halides is 1. The number of halogens is 1. The molecule has 0 aliphatic heterocycles. The van der Waals surface area contributed by atoms with Crippen LogP contribution in [0, 0.1) is 17.8 Å². The summed E-state index contributed by atoms with van der Waals surface area (Å²) < 4.78 is 0. The van der Waals surface area contributed by atoms with Crippen molar-refractivity contribution < 1.29 is 5.11 Å². The molecule has 3 atom stereocenters. The Morgan fingerprint density at radius 1 is 1.21 bits per heavy atom. The average molecular weight is 215 g/mol. The molecule has 0 radical (unpaired) electrons. The van der Waals surface area contributed by atoms with Gasteiger partial charge in [0.25, 0.3) is 0 Å². The molecule has 0 amide bonds. The van der Waals surface area contributed by atoms with Crippen LogP contribution < -0.4 is 0 Å². The van der Waals surface area contributed by atoms with E-state index in [4.69, 9.17) is 11.6 Å². The van der Waals surface area contributed by atoms with E-state index in [1.165, 1.54) is 19.3 Å². The molecular weight excluding hydrogens is 196 g/mol. The van der Waals surface area contributed by atoms with Gasteiger partial charge in [-0.3, -0.25) is 0 Å². The van der Waals surface area contributed by atoms with E-state index in [-0.39, 0.29) is 4.87 Å². The summed E-state index contributed by atoms with van der Waals surface area (Å²) in [6.45, 7) is 2.09. The second-order valence-electron chi connectivity index (χ2n) is 5.79. The van der Waals surface area contributed by atoms with E-state index in [2.05, 4.69) is 6.92 Å². The molecule has 4 aliphatic rings. The first-order chi connectivity index (χ1) is 6.57. The van der Waals surface area contributed by atoms with Crippen LogP contribution in [0.15, 0.2) is 0 Å². The molecule has 1 nitrogen and oxygen atoms in total. The van der Waals surface area contributed by atoms with Crippen molar-refractivity contribution in [2.75, 3.05) is 0 Å². The molecule has 3 unspecified atom stereocenters. The molecule has 0 heterocycles. The van der Waals surface area contributed by atoms with Gasteiger partial charge in [0, 0.05) is 0 Å². The summed E-state index contributed by atoms with van der Waals surface area (Å²) in [6, 6.07) is 0. The molecule has 4 rings (SSSR count). The third-order valence-electron chi connectivity index (χ3n) is 5.12. The van der Waals surface area contributed by atoms with Crippen LogP contribution in [0.2, 0.25) is 0 Å². The van der Waals surface area contributed by atoms with Crippen molar-refractivity contribution in [1.29, 1.82) is 0 Å². The van der Waals surface area contributed by atoms with Gasteiger partial charge in [-0.15, -0.1) is 11.6 Å². The van der Waals surface area contributed by atoms with E-state index >= 15 is 0 Å². The zero-order valence-corrected chi connectivity index (χ0v) is 9.56. The Labute approximate surface area is 90.8 Å². The van der Waals surface area contributed by atoms with Crippen LogP contribution in [0.5, 0.6) is 0 Å². The normalized spacial score (nSPS) is 60.6. The highest BCUT2D eigenvalue weighted by molar-refractivity contribution is 6.25. The largest absolute Gasteiger partial charge is 0.388 e. The molecule has 4 fully saturated rings. The summed E-state index contributed by atoms with van der Waals surface area (Å²) in [5.41, 5.74) is -0.554.